The normalized spacial score (nSPS) is 29.1. The van der Waals surface area contributed by atoms with E-state index in [9.17, 15) is 4.79 Å². The first kappa shape index (κ1) is 14.5. The third-order valence-corrected chi connectivity index (χ3v) is 3.78. The van der Waals surface area contributed by atoms with Gasteiger partial charge < -0.3 is 15.4 Å². The van der Waals surface area contributed by atoms with Crippen molar-refractivity contribution in [3.05, 3.63) is 0 Å². The summed E-state index contributed by atoms with van der Waals surface area (Å²) in [6.07, 6.45) is 4.86. The maximum Gasteiger partial charge on any atom is 0.224 e. The van der Waals surface area contributed by atoms with Gasteiger partial charge in [0.2, 0.25) is 5.91 Å². The van der Waals surface area contributed by atoms with E-state index in [1.165, 1.54) is 12.8 Å². The smallest absolute Gasteiger partial charge is 0.224 e. The van der Waals surface area contributed by atoms with E-state index in [2.05, 4.69) is 6.92 Å². The van der Waals surface area contributed by atoms with Crippen molar-refractivity contribution in [2.45, 2.75) is 44.6 Å². The average molecular weight is 242 g/mol. The molecular formula is C13H26N2O2. The second-order valence-electron chi connectivity index (χ2n) is 5.46. The third-order valence-electron chi connectivity index (χ3n) is 3.78. The number of carbonyl (C=O) groups is 1. The Balaban J connectivity index is 2.34. The molecule has 0 saturated heterocycles. The highest BCUT2D eigenvalue weighted by Gasteiger charge is 2.33. The van der Waals surface area contributed by atoms with Gasteiger partial charge in [-0.15, -0.1) is 0 Å². The van der Waals surface area contributed by atoms with E-state index >= 15 is 0 Å². The number of amides is 1. The zero-order valence-corrected chi connectivity index (χ0v) is 11.4. The van der Waals surface area contributed by atoms with E-state index in [4.69, 9.17) is 10.5 Å². The van der Waals surface area contributed by atoms with Gasteiger partial charge in [0.15, 0.2) is 0 Å². The third kappa shape index (κ3) is 4.28. The van der Waals surface area contributed by atoms with Crippen molar-refractivity contribution in [3.8, 4) is 0 Å². The molecule has 0 heterocycles. The zero-order chi connectivity index (χ0) is 12.9. The van der Waals surface area contributed by atoms with Gasteiger partial charge in [-0.25, -0.2) is 0 Å². The molecule has 0 spiro atoms. The summed E-state index contributed by atoms with van der Waals surface area (Å²) in [4.78, 5) is 13.0. The Morgan fingerprint density at radius 1 is 1.41 bits per heavy atom. The van der Waals surface area contributed by atoms with E-state index in [-0.39, 0.29) is 11.5 Å². The summed E-state index contributed by atoms with van der Waals surface area (Å²) in [7, 11) is 3.53. The number of hydrogen-bond donors (Lipinski definition) is 1. The topological polar surface area (TPSA) is 55.6 Å². The summed E-state index contributed by atoms with van der Waals surface area (Å²) >= 11 is 0. The molecule has 1 rings (SSSR count). The maximum atomic E-state index is 11.4. The summed E-state index contributed by atoms with van der Waals surface area (Å²) in [6.45, 7) is 3.33. The van der Waals surface area contributed by atoms with Crippen molar-refractivity contribution < 1.29 is 9.53 Å². The Morgan fingerprint density at radius 2 is 2.00 bits per heavy atom. The Labute approximate surface area is 104 Å². The van der Waals surface area contributed by atoms with Crippen LogP contribution in [0.5, 0.6) is 0 Å². The fraction of sp³-hybridized carbons (Fsp3) is 0.923. The molecule has 1 aliphatic rings. The molecule has 0 aromatic carbocycles. The number of ether oxygens (including phenoxy) is 1. The molecule has 0 atom stereocenters. The van der Waals surface area contributed by atoms with E-state index in [1.807, 2.05) is 0 Å². The van der Waals surface area contributed by atoms with Crippen molar-refractivity contribution >= 4 is 5.91 Å². The quantitative estimate of drug-likeness (QED) is 0.792. The standard InChI is InChI=1S/C13H26N2O2/c1-11-4-7-13(10-14,8-5-11)17-9-6-12(16)15(2)3/h11H,4-10,14H2,1-3H3. The molecule has 4 nitrogen and oxygen atoms in total. The predicted octanol–water partition coefficient (Wildman–Crippen LogP) is 1.39. The zero-order valence-electron chi connectivity index (χ0n) is 11.4. The minimum atomic E-state index is -0.168. The van der Waals surface area contributed by atoms with Crippen molar-refractivity contribution in [3.63, 3.8) is 0 Å². The van der Waals surface area contributed by atoms with Gasteiger partial charge in [-0.1, -0.05) is 6.92 Å². The van der Waals surface area contributed by atoms with Gasteiger partial charge in [0.05, 0.1) is 18.6 Å². The van der Waals surface area contributed by atoms with Gasteiger partial charge in [0.1, 0.15) is 0 Å². The molecule has 1 saturated carbocycles. The molecule has 4 heteroatoms. The van der Waals surface area contributed by atoms with Crippen molar-refractivity contribution in [2.24, 2.45) is 11.7 Å². The number of rotatable bonds is 5. The molecule has 17 heavy (non-hydrogen) atoms. The molecule has 2 N–H and O–H groups in total. The summed E-state index contributed by atoms with van der Waals surface area (Å²) < 4.78 is 5.92. The lowest BCUT2D eigenvalue weighted by atomic mass is 9.79. The van der Waals surface area contributed by atoms with Gasteiger partial charge in [-0.3, -0.25) is 4.79 Å². The van der Waals surface area contributed by atoms with Gasteiger partial charge in [-0.2, -0.15) is 0 Å². The van der Waals surface area contributed by atoms with Crippen LogP contribution in [-0.4, -0.2) is 43.7 Å². The van der Waals surface area contributed by atoms with Crippen LogP contribution in [0.4, 0.5) is 0 Å². The Hall–Kier alpha value is -0.610. The molecule has 0 aromatic heterocycles. The monoisotopic (exact) mass is 242 g/mol. The van der Waals surface area contributed by atoms with Gasteiger partial charge >= 0.3 is 0 Å². The van der Waals surface area contributed by atoms with Gasteiger partial charge in [0, 0.05) is 20.6 Å². The summed E-state index contributed by atoms with van der Waals surface area (Å²) in [5.74, 6) is 0.892. The van der Waals surface area contributed by atoms with Crippen molar-refractivity contribution in [1.29, 1.82) is 0 Å². The minimum absolute atomic E-state index is 0.112. The Kier molecular flexibility index (Phi) is 5.40. The van der Waals surface area contributed by atoms with Gasteiger partial charge in [0.25, 0.3) is 0 Å². The largest absolute Gasteiger partial charge is 0.373 e. The molecule has 0 aromatic rings. The lowest BCUT2D eigenvalue weighted by molar-refractivity contribution is -0.132. The number of nitrogens with zero attached hydrogens (tertiary/aromatic N) is 1. The van der Waals surface area contributed by atoms with Crippen LogP contribution in [0.3, 0.4) is 0 Å². The molecular weight excluding hydrogens is 216 g/mol. The first-order valence-corrected chi connectivity index (χ1v) is 6.53. The number of hydrogen-bond acceptors (Lipinski definition) is 3. The molecule has 0 unspecified atom stereocenters. The molecule has 1 amide bonds. The van der Waals surface area contributed by atoms with Crippen molar-refractivity contribution in [2.75, 3.05) is 27.2 Å². The van der Waals surface area contributed by atoms with E-state index in [0.29, 0.717) is 19.6 Å². The molecule has 1 aliphatic carbocycles. The summed E-state index contributed by atoms with van der Waals surface area (Å²) in [5, 5.41) is 0. The van der Waals surface area contributed by atoms with Gasteiger partial charge in [-0.05, 0) is 31.6 Å². The minimum Gasteiger partial charge on any atom is -0.373 e. The highest BCUT2D eigenvalue weighted by molar-refractivity contribution is 5.75. The Morgan fingerprint density at radius 3 is 2.47 bits per heavy atom. The molecule has 100 valence electrons. The summed E-state index contributed by atoms with van der Waals surface area (Å²) in [5.41, 5.74) is 5.67. The second-order valence-corrected chi connectivity index (χ2v) is 5.46. The van der Waals surface area contributed by atoms with E-state index in [0.717, 1.165) is 18.8 Å². The van der Waals surface area contributed by atoms with E-state index in [1.54, 1.807) is 19.0 Å². The first-order chi connectivity index (χ1) is 7.99. The maximum absolute atomic E-state index is 11.4. The molecule has 0 radical (unpaired) electrons. The first-order valence-electron chi connectivity index (χ1n) is 6.53. The lowest BCUT2D eigenvalue weighted by Gasteiger charge is -2.38. The van der Waals surface area contributed by atoms with Crippen molar-refractivity contribution in [1.82, 2.24) is 4.90 Å². The fourth-order valence-electron chi connectivity index (χ4n) is 2.27. The van der Waals surface area contributed by atoms with Crippen LogP contribution in [0, 0.1) is 5.92 Å². The second kappa shape index (κ2) is 6.36. The Bertz CT molecular complexity index is 246. The highest BCUT2D eigenvalue weighted by Crippen LogP contribution is 2.34. The van der Waals surface area contributed by atoms with Crippen LogP contribution in [0.15, 0.2) is 0 Å². The number of carbonyl (C=O) groups excluding carboxylic acids is 1. The average Bonchev–Trinajstić information content (AvgIpc) is 2.32. The number of nitrogens with two attached hydrogens (primary N) is 1. The molecule has 1 fully saturated rings. The van der Waals surface area contributed by atoms with Crippen LogP contribution in [-0.2, 0) is 9.53 Å². The van der Waals surface area contributed by atoms with E-state index < -0.39 is 0 Å². The molecule has 0 bridgehead atoms. The SMILES string of the molecule is CC1CCC(CN)(OCCC(=O)N(C)C)CC1. The molecule has 0 aliphatic heterocycles. The van der Waals surface area contributed by atoms with Crippen LogP contribution in [0.25, 0.3) is 0 Å². The summed E-state index contributed by atoms with van der Waals surface area (Å²) in [6, 6.07) is 0. The van der Waals surface area contributed by atoms with Crippen LogP contribution in [0.1, 0.15) is 39.0 Å². The van der Waals surface area contributed by atoms with Crippen LogP contribution < -0.4 is 5.73 Å². The van der Waals surface area contributed by atoms with Crippen LogP contribution >= 0.6 is 0 Å². The predicted molar refractivity (Wildman–Crippen MR) is 68.7 cm³/mol. The fourth-order valence-corrected chi connectivity index (χ4v) is 2.27. The van der Waals surface area contributed by atoms with Crippen LogP contribution in [0.2, 0.25) is 0 Å². The lowest BCUT2D eigenvalue weighted by Crippen LogP contribution is -2.44. The highest BCUT2D eigenvalue weighted by atomic mass is 16.5.